The lowest BCUT2D eigenvalue weighted by atomic mass is 10.3. The number of methoxy groups -OCH3 is 1. The Kier molecular flexibility index (Phi) is 4.69. The van der Waals surface area contributed by atoms with E-state index in [4.69, 9.17) is 15.3 Å². The average molecular weight is 246 g/mol. The van der Waals surface area contributed by atoms with Crippen molar-refractivity contribution in [2.75, 3.05) is 20.3 Å². The van der Waals surface area contributed by atoms with E-state index in [1.807, 2.05) is 0 Å². The SMILES string of the molecule is COCCOc1ccc(S(=O)(=O)NN)cc1. The van der Waals surface area contributed by atoms with Crippen molar-refractivity contribution in [3.8, 4) is 5.75 Å². The third kappa shape index (κ3) is 3.46. The van der Waals surface area contributed by atoms with Crippen LogP contribution in [0.4, 0.5) is 0 Å². The van der Waals surface area contributed by atoms with Gasteiger partial charge in [0.25, 0.3) is 10.0 Å². The van der Waals surface area contributed by atoms with Gasteiger partial charge in [0.15, 0.2) is 0 Å². The van der Waals surface area contributed by atoms with E-state index in [0.29, 0.717) is 19.0 Å². The maximum atomic E-state index is 11.3. The molecule has 0 spiro atoms. The first-order chi connectivity index (χ1) is 7.60. The van der Waals surface area contributed by atoms with Gasteiger partial charge < -0.3 is 9.47 Å². The number of nitrogens with two attached hydrogens (primary N) is 1. The fraction of sp³-hybridized carbons (Fsp3) is 0.333. The van der Waals surface area contributed by atoms with Gasteiger partial charge in [0.1, 0.15) is 12.4 Å². The summed E-state index contributed by atoms with van der Waals surface area (Å²) in [6.45, 7) is 0.891. The molecule has 1 aromatic carbocycles. The van der Waals surface area contributed by atoms with Crippen LogP contribution in [-0.2, 0) is 14.8 Å². The maximum absolute atomic E-state index is 11.3. The standard InChI is InChI=1S/C9H14N2O4S/c1-14-6-7-15-8-2-4-9(5-3-8)16(12,13)11-10/h2-5,11H,6-7,10H2,1H3. The Morgan fingerprint density at radius 3 is 2.38 bits per heavy atom. The second-order valence-electron chi connectivity index (χ2n) is 2.93. The zero-order valence-corrected chi connectivity index (χ0v) is 9.66. The Morgan fingerprint density at radius 1 is 1.25 bits per heavy atom. The summed E-state index contributed by atoms with van der Waals surface area (Å²) in [4.78, 5) is 1.83. The highest BCUT2D eigenvalue weighted by Crippen LogP contribution is 2.15. The normalized spacial score (nSPS) is 11.4. The monoisotopic (exact) mass is 246 g/mol. The molecule has 3 N–H and O–H groups in total. The average Bonchev–Trinajstić information content (AvgIpc) is 2.30. The number of sulfonamides is 1. The second-order valence-corrected chi connectivity index (χ2v) is 4.65. The molecule has 0 saturated carbocycles. The molecule has 0 fully saturated rings. The summed E-state index contributed by atoms with van der Waals surface area (Å²) in [5.74, 6) is 5.47. The number of nitrogens with one attached hydrogen (secondary N) is 1. The molecule has 0 radical (unpaired) electrons. The molecule has 0 saturated heterocycles. The van der Waals surface area contributed by atoms with Crippen LogP contribution in [0, 0.1) is 0 Å². The molecule has 90 valence electrons. The Balaban J connectivity index is 2.68. The molecule has 0 aliphatic rings. The molecular formula is C9H14N2O4S. The van der Waals surface area contributed by atoms with Crippen molar-refractivity contribution in [2.45, 2.75) is 4.90 Å². The molecule has 6 nitrogen and oxygen atoms in total. The van der Waals surface area contributed by atoms with Crippen LogP contribution in [0.2, 0.25) is 0 Å². The molecule has 1 rings (SSSR count). The summed E-state index contributed by atoms with van der Waals surface area (Å²) in [6.07, 6.45) is 0. The van der Waals surface area contributed by atoms with Crippen molar-refractivity contribution in [3.63, 3.8) is 0 Å². The van der Waals surface area contributed by atoms with Gasteiger partial charge in [-0.15, -0.1) is 0 Å². The molecular weight excluding hydrogens is 232 g/mol. The van der Waals surface area contributed by atoms with E-state index in [9.17, 15) is 8.42 Å². The number of hydrogen-bond acceptors (Lipinski definition) is 5. The molecule has 0 bridgehead atoms. The van der Waals surface area contributed by atoms with E-state index in [0.717, 1.165) is 0 Å². The van der Waals surface area contributed by atoms with Crippen LogP contribution in [0.25, 0.3) is 0 Å². The Bertz CT molecular complexity index is 416. The molecule has 0 aromatic heterocycles. The number of rotatable bonds is 6. The van der Waals surface area contributed by atoms with Gasteiger partial charge in [-0.2, -0.15) is 4.83 Å². The maximum Gasteiger partial charge on any atom is 0.253 e. The van der Waals surface area contributed by atoms with Gasteiger partial charge in [0.2, 0.25) is 0 Å². The van der Waals surface area contributed by atoms with E-state index in [1.54, 1.807) is 24.1 Å². The highest BCUT2D eigenvalue weighted by atomic mass is 32.2. The van der Waals surface area contributed by atoms with E-state index >= 15 is 0 Å². The van der Waals surface area contributed by atoms with E-state index in [1.165, 1.54) is 12.1 Å². The van der Waals surface area contributed by atoms with Gasteiger partial charge in [-0.05, 0) is 24.3 Å². The first kappa shape index (κ1) is 12.9. The van der Waals surface area contributed by atoms with Crippen molar-refractivity contribution >= 4 is 10.0 Å². The van der Waals surface area contributed by atoms with Crippen molar-refractivity contribution in [3.05, 3.63) is 24.3 Å². The molecule has 1 aromatic rings. The predicted molar refractivity (Wildman–Crippen MR) is 58.3 cm³/mol. The molecule has 0 aliphatic carbocycles. The van der Waals surface area contributed by atoms with Crippen LogP contribution in [-0.4, -0.2) is 28.7 Å². The lowest BCUT2D eigenvalue weighted by molar-refractivity contribution is 0.146. The Labute approximate surface area is 94.4 Å². The van der Waals surface area contributed by atoms with Gasteiger partial charge in [-0.25, -0.2) is 8.42 Å². The Morgan fingerprint density at radius 2 is 1.88 bits per heavy atom. The fourth-order valence-electron chi connectivity index (χ4n) is 1.03. The molecule has 7 heteroatoms. The van der Waals surface area contributed by atoms with E-state index < -0.39 is 10.0 Å². The lowest BCUT2D eigenvalue weighted by Gasteiger charge is -2.06. The van der Waals surface area contributed by atoms with Crippen molar-refractivity contribution < 1.29 is 17.9 Å². The number of benzene rings is 1. The zero-order chi connectivity index (χ0) is 12.0. The highest BCUT2D eigenvalue weighted by molar-refractivity contribution is 7.89. The van der Waals surface area contributed by atoms with Crippen molar-refractivity contribution in [2.24, 2.45) is 5.84 Å². The number of hydrogen-bond donors (Lipinski definition) is 2. The number of ether oxygens (including phenoxy) is 2. The molecule has 0 atom stereocenters. The van der Waals surface area contributed by atoms with Crippen LogP contribution >= 0.6 is 0 Å². The quantitative estimate of drug-likeness (QED) is 0.414. The minimum absolute atomic E-state index is 0.0918. The molecule has 0 unspecified atom stereocenters. The highest BCUT2D eigenvalue weighted by Gasteiger charge is 2.10. The molecule has 0 aliphatic heterocycles. The topological polar surface area (TPSA) is 90.6 Å². The summed E-state index contributed by atoms with van der Waals surface area (Å²) in [7, 11) is -2.02. The van der Waals surface area contributed by atoms with Crippen molar-refractivity contribution in [1.82, 2.24) is 4.83 Å². The van der Waals surface area contributed by atoms with Gasteiger partial charge in [-0.1, -0.05) is 0 Å². The first-order valence-corrected chi connectivity index (χ1v) is 6.02. The molecule has 16 heavy (non-hydrogen) atoms. The smallest absolute Gasteiger partial charge is 0.253 e. The summed E-state index contributed by atoms with van der Waals surface area (Å²) in [6, 6.07) is 5.94. The largest absolute Gasteiger partial charge is 0.491 e. The minimum atomic E-state index is -3.59. The van der Waals surface area contributed by atoms with Crippen LogP contribution in [0.1, 0.15) is 0 Å². The predicted octanol–water partition coefficient (Wildman–Crippen LogP) is -0.136. The van der Waals surface area contributed by atoms with Crippen LogP contribution < -0.4 is 15.4 Å². The summed E-state index contributed by atoms with van der Waals surface area (Å²) in [5.41, 5.74) is 0. The van der Waals surface area contributed by atoms with Crippen LogP contribution in [0.5, 0.6) is 5.75 Å². The van der Waals surface area contributed by atoms with Crippen molar-refractivity contribution in [1.29, 1.82) is 0 Å². The summed E-state index contributed by atoms with van der Waals surface area (Å²) >= 11 is 0. The van der Waals surface area contributed by atoms with Gasteiger partial charge >= 0.3 is 0 Å². The van der Waals surface area contributed by atoms with E-state index in [-0.39, 0.29) is 4.90 Å². The molecule has 0 heterocycles. The number of hydrazine groups is 1. The minimum Gasteiger partial charge on any atom is -0.491 e. The first-order valence-electron chi connectivity index (χ1n) is 4.54. The third-order valence-corrected chi connectivity index (χ3v) is 3.05. The zero-order valence-electron chi connectivity index (χ0n) is 8.84. The lowest BCUT2D eigenvalue weighted by Crippen LogP contribution is -2.30. The van der Waals surface area contributed by atoms with Gasteiger partial charge in [0, 0.05) is 7.11 Å². The van der Waals surface area contributed by atoms with Crippen LogP contribution in [0.15, 0.2) is 29.2 Å². The second kappa shape index (κ2) is 5.80. The van der Waals surface area contributed by atoms with E-state index in [2.05, 4.69) is 0 Å². The Hall–Kier alpha value is -1.15. The summed E-state index contributed by atoms with van der Waals surface area (Å²) < 4.78 is 32.6. The third-order valence-electron chi connectivity index (χ3n) is 1.85. The van der Waals surface area contributed by atoms with Gasteiger partial charge in [-0.3, -0.25) is 5.84 Å². The summed E-state index contributed by atoms with van der Waals surface area (Å²) in [5, 5.41) is 0. The van der Waals surface area contributed by atoms with Crippen LogP contribution in [0.3, 0.4) is 0 Å². The fourth-order valence-corrected chi connectivity index (χ4v) is 1.66. The molecule has 0 amide bonds. The van der Waals surface area contributed by atoms with Gasteiger partial charge in [0.05, 0.1) is 11.5 Å².